The van der Waals surface area contributed by atoms with Gasteiger partial charge in [-0.3, -0.25) is 0 Å². The molecule has 0 saturated heterocycles. The van der Waals surface area contributed by atoms with Crippen molar-refractivity contribution in [3.63, 3.8) is 0 Å². The van der Waals surface area contributed by atoms with Crippen LogP contribution in [0, 0.1) is 5.82 Å². The molecule has 0 aromatic heterocycles. The molecule has 4 heteroatoms. The lowest BCUT2D eigenvalue weighted by Crippen LogP contribution is -2.13. The normalized spacial score (nSPS) is 10.6. The molecule has 0 amide bonds. The highest BCUT2D eigenvalue weighted by atomic mass is 79.9. The van der Waals surface area contributed by atoms with Gasteiger partial charge in [0.25, 0.3) is 0 Å². The van der Waals surface area contributed by atoms with E-state index in [4.69, 9.17) is 4.74 Å². The number of benzene rings is 2. The lowest BCUT2D eigenvalue weighted by molar-refractivity contribution is 0.473. The van der Waals surface area contributed by atoms with Gasteiger partial charge < -0.3 is 10.1 Å². The van der Waals surface area contributed by atoms with Crippen LogP contribution in [0.1, 0.15) is 18.9 Å². The van der Waals surface area contributed by atoms with E-state index in [-0.39, 0.29) is 5.82 Å². The molecule has 106 valence electrons. The van der Waals surface area contributed by atoms with E-state index in [9.17, 15) is 4.39 Å². The van der Waals surface area contributed by atoms with Crippen molar-refractivity contribution >= 4 is 15.9 Å². The second-order valence-electron chi connectivity index (χ2n) is 4.50. The van der Waals surface area contributed by atoms with Crippen molar-refractivity contribution in [1.29, 1.82) is 0 Å². The minimum atomic E-state index is -0.306. The number of rotatable bonds is 6. The maximum atomic E-state index is 13.1. The SMILES string of the molecule is CCCNCc1ccc(Oc2cccc(F)c2)c(Br)c1. The zero-order valence-corrected chi connectivity index (χ0v) is 12.9. The zero-order valence-electron chi connectivity index (χ0n) is 11.3. The van der Waals surface area contributed by atoms with E-state index in [1.807, 2.05) is 18.2 Å². The van der Waals surface area contributed by atoms with E-state index >= 15 is 0 Å². The van der Waals surface area contributed by atoms with Crippen LogP contribution < -0.4 is 10.1 Å². The Morgan fingerprint density at radius 2 is 2.05 bits per heavy atom. The summed E-state index contributed by atoms with van der Waals surface area (Å²) < 4.78 is 19.6. The third-order valence-electron chi connectivity index (χ3n) is 2.78. The summed E-state index contributed by atoms with van der Waals surface area (Å²) in [5, 5.41) is 3.34. The Bertz CT molecular complexity index is 574. The van der Waals surface area contributed by atoms with Crippen LogP contribution in [0.15, 0.2) is 46.9 Å². The van der Waals surface area contributed by atoms with Gasteiger partial charge in [-0.2, -0.15) is 0 Å². The number of hydrogen-bond donors (Lipinski definition) is 1. The first-order valence-corrected chi connectivity index (χ1v) is 7.41. The Balaban J connectivity index is 2.06. The molecule has 0 atom stereocenters. The maximum Gasteiger partial charge on any atom is 0.141 e. The lowest BCUT2D eigenvalue weighted by atomic mass is 10.2. The van der Waals surface area contributed by atoms with E-state index in [0.717, 1.165) is 24.0 Å². The Morgan fingerprint density at radius 3 is 2.75 bits per heavy atom. The second-order valence-corrected chi connectivity index (χ2v) is 5.36. The number of ether oxygens (including phenoxy) is 1. The van der Waals surface area contributed by atoms with Crippen LogP contribution in [-0.2, 0) is 6.54 Å². The van der Waals surface area contributed by atoms with E-state index in [1.54, 1.807) is 12.1 Å². The molecule has 0 aliphatic rings. The fourth-order valence-electron chi connectivity index (χ4n) is 1.80. The molecule has 2 aromatic rings. The molecule has 20 heavy (non-hydrogen) atoms. The number of nitrogens with one attached hydrogen (secondary N) is 1. The molecule has 0 saturated carbocycles. The monoisotopic (exact) mass is 337 g/mol. The molecule has 0 fully saturated rings. The van der Waals surface area contributed by atoms with Crippen LogP contribution in [0.2, 0.25) is 0 Å². The van der Waals surface area contributed by atoms with Crippen LogP contribution in [0.3, 0.4) is 0 Å². The highest BCUT2D eigenvalue weighted by molar-refractivity contribution is 9.10. The smallest absolute Gasteiger partial charge is 0.141 e. The van der Waals surface area contributed by atoms with E-state index in [2.05, 4.69) is 28.2 Å². The van der Waals surface area contributed by atoms with E-state index in [0.29, 0.717) is 11.5 Å². The van der Waals surface area contributed by atoms with Gasteiger partial charge >= 0.3 is 0 Å². The fourth-order valence-corrected chi connectivity index (χ4v) is 2.31. The van der Waals surface area contributed by atoms with Crippen LogP contribution in [0.25, 0.3) is 0 Å². The first-order valence-electron chi connectivity index (χ1n) is 6.61. The van der Waals surface area contributed by atoms with E-state index in [1.165, 1.54) is 17.7 Å². The lowest BCUT2D eigenvalue weighted by Gasteiger charge is -2.10. The summed E-state index contributed by atoms with van der Waals surface area (Å²) in [6.07, 6.45) is 1.11. The predicted molar refractivity (Wildman–Crippen MR) is 82.6 cm³/mol. The number of halogens is 2. The van der Waals surface area contributed by atoms with Gasteiger partial charge in [-0.1, -0.05) is 19.1 Å². The Labute approximate surface area is 127 Å². The van der Waals surface area contributed by atoms with Crippen LogP contribution in [0.5, 0.6) is 11.5 Å². The molecule has 2 rings (SSSR count). The molecule has 1 N–H and O–H groups in total. The maximum absolute atomic E-state index is 13.1. The predicted octanol–water partition coefficient (Wildman–Crippen LogP) is 4.88. The van der Waals surface area contributed by atoms with Crippen molar-refractivity contribution in [1.82, 2.24) is 5.32 Å². The number of hydrogen-bond acceptors (Lipinski definition) is 2. The van der Waals surface area contributed by atoms with Crippen LogP contribution in [-0.4, -0.2) is 6.54 Å². The van der Waals surface area contributed by atoms with Gasteiger partial charge in [0, 0.05) is 12.6 Å². The average molecular weight is 338 g/mol. The van der Waals surface area contributed by atoms with Gasteiger partial charge in [0.2, 0.25) is 0 Å². The van der Waals surface area contributed by atoms with Crippen molar-refractivity contribution in [2.24, 2.45) is 0 Å². The van der Waals surface area contributed by atoms with Crippen molar-refractivity contribution < 1.29 is 9.13 Å². The minimum Gasteiger partial charge on any atom is -0.456 e. The molecule has 2 aromatic carbocycles. The van der Waals surface area contributed by atoms with Gasteiger partial charge in [0.05, 0.1) is 4.47 Å². The summed E-state index contributed by atoms with van der Waals surface area (Å²) in [4.78, 5) is 0. The van der Waals surface area contributed by atoms with Crippen molar-refractivity contribution in [3.8, 4) is 11.5 Å². The molecule has 2 nitrogen and oxygen atoms in total. The fraction of sp³-hybridized carbons (Fsp3) is 0.250. The summed E-state index contributed by atoms with van der Waals surface area (Å²) in [7, 11) is 0. The summed E-state index contributed by atoms with van der Waals surface area (Å²) in [5.74, 6) is 0.858. The molecular weight excluding hydrogens is 321 g/mol. The second kappa shape index (κ2) is 7.41. The van der Waals surface area contributed by atoms with Gasteiger partial charge in [-0.25, -0.2) is 4.39 Å². The summed E-state index contributed by atoms with van der Waals surface area (Å²) >= 11 is 3.49. The van der Waals surface area contributed by atoms with Crippen molar-refractivity contribution in [2.75, 3.05) is 6.54 Å². The Kier molecular flexibility index (Phi) is 5.56. The zero-order chi connectivity index (χ0) is 14.4. The third kappa shape index (κ3) is 4.32. The summed E-state index contributed by atoms with van der Waals surface area (Å²) in [5.41, 5.74) is 1.18. The molecule has 0 spiro atoms. The molecule has 0 aliphatic heterocycles. The quantitative estimate of drug-likeness (QED) is 0.758. The Hall–Kier alpha value is -1.39. The Morgan fingerprint density at radius 1 is 1.20 bits per heavy atom. The summed E-state index contributed by atoms with van der Waals surface area (Å²) in [6, 6.07) is 12.0. The van der Waals surface area contributed by atoms with Crippen LogP contribution >= 0.6 is 15.9 Å². The van der Waals surface area contributed by atoms with Crippen molar-refractivity contribution in [2.45, 2.75) is 19.9 Å². The van der Waals surface area contributed by atoms with E-state index < -0.39 is 0 Å². The topological polar surface area (TPSA) is 21.3 Å². The van der Waals surface area contributed by atoms with Gasteiger partial charge in [0.1, 0.15) is 17.3 Å². The van der Waals surface area contributed by atoms with Crippen molar-refractivity contribution in [3.05, 3.63) is 58.3 Å². The third-order valence-corrected chi connectivity index (χ3v) is 3.40. The summed E-state index contributed by atoms with van der Waals surface area (Å²) in [6.45, 7) is 3.96. The largest absolute Gasteiger partial charge is 0.456 e. The van der Waals surface area contributed by atoms with Crippen LogP contribution in [0.4, 0.5) is 4.39 Å². The first kappa shape index (κ1) is 15.0. The van der Waals surface area contributed by atoms with Gasteiger partial charge in [-0.15, -0.1) is 0 Å². The standard InChI is InChI=1S/C16H17BrFNO/c1-2-8-19-11-12-6-7-16(15(17)9-12)20-14-5-3-4-13(18)10-14/h3-7,9-10,19H,2,8,11H2,1H3. The average Bonchev–Trinajstić information content (AvgIpc) is 2.42. The molecule has 0 aliphatic carbocycles. The molecule has 0 radical (unpaired) electrons. The highest BCUT2D eigenvalue weighted by Crippen LogP contribution is 2.30. The molecule has 0 bridgehead atoms. The molecule has 0 unspecified atom stereocenters. The minimum absolute atomic E-state index is 0.306. The highest BCUT2D eigenvalue weighted by Gasteiger charge is 2.05. The van der Waals surface area contributed by atoms with Gasteiger partial charge in [0.15, 0.2) is 0 Å². The van der Waals surface area contributed by atoms with Gasteiger partial charge in [-0.05, 0) is 58.7 Å². The molecule has 0 heterocycles. The molecular formula is C16H17BrFNO. The first-order chi connectivity index (χ1) is 9.69.